The number of hydrogen-bond acceptors (Lipinski definition) is 6. The van der Waals surface area contributed by atoms with Crippen molar-refractivity contribution < 1.29 is 9.53 Å². The fraction of sp³-hybridized carbons (Fsp3) is 0.385. The number of aromatic nitrogens is 3. The highest BCUT2D eigenvalue weighted by atomic mass is 35.5. The lowest BCUT2D eigenvalue weighted by Gasteiger charge is -2.11. The van der Waals surface area contributed by atoms with Gasteiger partial charge in [-0.1, -0.05) is 52.6 Å². The lowest BCUT2D eigenvalue weighted by atomic mass is 10.2. The number of unbranched alkanes of at least 4 members (excludes halogenated alkanes) is 2. The molecular weight excluding hydrogens is 347 g/mol. The molecule has 0 radical (unpaired) electrons. The number of rotatable bonds is 7. The Kier molecular flexibility index (Phi) is 6.35. The number of amides is 1. The molecule has 0 atom stereocenters. The summed E-state index contributed by atoms with van der Waals surface area (Å²) in [5.41, 5.74) is 0.311. The Morgan fingerprint density at radius 3 is 2.64 bits per heavy atom. The number of hydrogen-bond donors (Lipinski definition) is 1. The first-order valence-electron chi connectivity index (χ1n) is 6.70. The van der Waals surface area contributed by atoms with Crippen molar-refractivity contribution in [1.29, 1.82) is 0 Å². The van der Waals surface area contributed by atoms with Crippen molar-refractivity contribution in [2.75, 3.05) is 11.9 Å². The normalized spacial score (nSPS) is 10.5. The molecule has 1 heterocycles. The molecule has 0 unspecified atom stereocenters. The molecule has 1 N–H and O–H groups in total. The van der Waals surface area contributed by atoms with Gasteiger partial charge in [-0.2, -0.15) is 0 Å². The minimum absolute atomic E-state index is 0.296. The van der Waals surface area contributed by atoms with Crippen LogP contribution in [-0.2, 0) is 0 Å². The van der Waals surface area contributed by atoms with E-state index in [-0.39, 0.29) is 5.91 Å². The Bertz CT molecular complexity index is 614. The molecule has 2 rings (SSSR count). The zero-order chi connectivity index (χ0) is 15.9. The number of nitrogens with one attached hydrogen (secondary N) is 1. The van der Waals surface area contributed by atoms with Crippen molar-refractivity contribution >= 4 is 45.8 Å². The molecule has 1 aromatic carbocycles. The Morgan fingerprint density at radius 1 is 1.32 bits per heavy atom. The summed E-state index contributed by atoms with van der Waals surface area (Å²) in [5.74, 6) is 0.00783. The average molecular weight is 361 g/mol. The molecule has 0 saturated heterocycles. The van der Waals surface area contributed by atoms with E-state index >= 15 is 0 Å². The van der Waals surface area contributed by atoms with E-state index in [1.165, 1.54) is 12.1 Å². The highest BCUT2D eigenvalue weighted by molar-refractivity contribution is 7.09. The Hall–Kier alpha value is -1.44. The summed E-state index contributed by atoms with van der Waals surface area (Å²) in [6, 6.07) is 3.01. The van der Waals surface area contributed by atoms with E-state index in [1.807, 2.05) is 0 Å². The molecule has 2 aromatic rings. The zero-order valence-corrected chi connectivity index (χ0v) is 14.1. The van der Waals surface area contributed by atoms with Gasteiger partial charge in [-0.05, 0) is 23.8 Å². The molecule has 0 aliphatic carbocycles. The molecule has 9 heteroatoms. The Balaban J connectivity index is 2.06. The Morgan fingerprint density at radius 2 is 2.05 bits per heavy atom. The number of anilines is 1. The lowest BCUT2D eigenvalue weighted by molar-refractivity contribution is 0.102. The van der Waals surface area contributed by atoms with Crippen LogP contribution in [0.25, 0.3) is 0 Å². The van der Waals surface area contributed by atoms with Gasteiger partial charge >= 0.3 is 0 Å². The van der Waals surface area contributed by atoms with E-state index in [9.17, 15) is 4.79 Å². The largest absolute Gasteiger partial charge is 0.490 e. The maximum atomic E-state index is 12.1. The van der Waals surface area contributed by atoms with E-state index in [1.54, 1.807) is 0 Å². The van der Waals surface area contributed by atoms with E-state index in [0.29, 0.717) is 33.1 Å². The predicted octanol–water partition coefficient (Wildman–Crippen LogP) is 4.06. The van der Waals surface area contributed by atoms with Gasteiger partial charge in [-0.15, -0.1) is 0 Å². The molecule has 118 valence electrons. The van der Waals surface area contributed by atoms with Gasteiger partial charge in [0.15, 0.2) is 5.75 Å². The van der Waals surface area contributed by atoms with Gasteiger partial charge < -0.3 is 4.74 Å². The highest BCUT2D eigenvalue weighted by Gasteiger charge is 2.15. The summed E-state index contributed by atoms with van der Waals surface area (Å²) in [7, 11) is 0. The standard InChI is InChI=1S/C13H14Cl2N4O2S/c1-2-3-4-5-21-11-9(14)6-8(7-10(11)15)12(20)16-13-17-18-19-22-13/h6-7H,2-5H2,1H3,(H,16,17,19,20). The second-order valence-electron chi connectivity index (χ2n) is 4.45. The first-order valence-corrected chi connectivity index (χ1v) is 8.23. The summed E-state index contributed by atoms with van der Waals surface area (Å²) in [6.07, 6.45) is 3.10. The maximum absolute atomic E-state index is 12.1. The molecule has 0 spiro atoms. The van der Waals surface area contributed by atoms with Crippen LogP contribution in [0.3, 0.4) is 0 Å². The second kappa shape index (κ2) is 8.26. The smallest absolute Gasteiger partial charge is 0.257 e. The van der Waals surface area contributed by atoms with Crippen LogP contribution in [0.1, 0.15) is 36.5 Å². The van der Waals surface area contributed by atoms with Crippen LogP contribution >= 0.6 is 34.7 Å². The summed E-state index contributed by atoms with van der Waals surface area (Å²) in [6.45, 7) is 2.65. The van der Waals surface area contributed by atoms with E-state index in [2.05, 4.69) is 27.0 Å². The number of carbonyl (C=O) groups excluding carboxylic acids is 1. The average Bonchev–Trinajstić information content (AvgIpc) is 2.98. The molecule has 22 heavy (non-hydrogen) atoms. The van der Waals surface area contributed by atoms with Crippen molar-refractivity contribution in [2.24, 2.45) is 0 Å². The van der Waals surface area contributed by atoms with Gasteiger partial charge in [0.2, 0.25) is 5.13 Å². The van der Waals surface area contributed by atoms with Crippen molar-refractivity contribution in [2.45, 2.75) is 26.2 Å². The predicted molar refractivity (Wildman–Crippen MR) is 87.1 cm³/mol. The summed E-state index contributed by atoms with van der Waals surface area (Å²) < 4.78 is 9.14. The van der Waals surface area contributed by atoms with Gasteiger partial charge in [0.05, 0.1) is 16.7 Å². The number of benzene rings is 1. The lowest BCUT2D eigenvalue weighted by Crippen LogP contribution is -2.12. The maximum Gasteiger partial charge on any atom is 0.257 e. The molecule has 1 aromatic heterocycles. The SMILES string of the molecule is CCCCCOc1c(Cl)cc(C(=O)Nc2nnns2)cc1Cl. The van der Waals surface area contributed by atoms with Crippen LogP contribution in [0.4, 0.5) is 5.13 Å². The van der Waals surface area contributed by atoms with Crippen LogP contribution in [0.5, 0.6) is 5.75 Å². The molecule has 0 bridgehead atoms. The van der Waals surface area contributed by atoms with Crippen LogP contribution in [-0.4, -0.2) is 27.3 Å². The van der Waals surface area contributed by atoms with E-state index < -0.39 is 0 Å². The number of ether oxygens (including phenoxy) is 1. The minimum Gasteiger partial charge on any atom is -0.490 e. The van der Waals surface area contributed by atoms with Crippen LogP contribution in [0, 0.1) is 0 Å². The van der Waals surface area contributed by atoms with Crippen molar-refractivity contribution in [3.05, 3.63) is 27.7 Å². The minimum atomic E-state index is -0.389. The van der Waals surface area contributed by atoms with Gasteiger partial charge in [-0.3, -0.25) is 10.1 Å². The highest BCUT2D eigenvalue weighted by Crippen LogP contribution is 2.34. The van der Waals surface area contributed by atoms with Gasteiger partial charge in [0.1, 0.15) is 0 Å². The first-order chi connectivity index (χ1) is 10.6. The summed E-state index contributed by atoms with van der Waals surface area (Å²) in [4.78, 5) is 12.1. The summed E-state index contributed by atoms with van der Waals surface area (Å²) in [5, 5.41) is 10.5. The fourth-order valence-electron chi connectivity index (χ4n) is 1.71. The van der Waals surface area contributed by atoms with Crippen LogP contribution in [0.15, 0.2) is 12.1 Å². The monoisotopic (exact) mass is 360 g/mol. The van der Waals surface area contributed by atoms with E-state index in [4.69, 9.17) is 27.9 Å². The van der Waals surface area contributed by atoms with Crippen molar-refractivity contribution in [3.8, 4) is 5.75 Å². The molecular formula is C13H14Cl2N4O2S. The van der Waals surface area contributed by atoms with E-state index in [0.717, 1.165) is 30.8 Å². The van der Waals surface area contributed by atoms with Gasteiger partial charge in [-0.25, -0.2) is 0 Å². The molecule has 0 aliphatic rings. The van der Waals surface area contributed by atoms with Gasteiger partial charge in [0.25, 0.3) is 5.91 Å². The molecule has 0 saturated carbocycles. The van der Waals surface area contributed by atoms with Crippen LogP contribution < -0.4 is 10.1 Å². The van der Waals surface area contributed by atoms with Crippen molar-refractivity contribution in [1.82, 2.24) is 14.8 Å². The number of nitrogens with zero attached hydrogens (tertiary/aromatic N) is 3. The number of halogens is 2. The topological polar surface area (TPSA) is 77.0 Å². The summed E-state index contributed by atoms with van der Waals surface area (Å²) >= 11 is 13.3. The number of carbonyl (C=O) groups is 1. The van der Waals surface area contributed by atoms with Gasteiger partial charge in [0, 0.05) is 17.1 Å². The molecule has 0 fully saturated rings. The third-order valence-electron chi connectivity index (χ3n) is 2.77. The molecule has 6 nitrogen and oxygen atoms in total. The van der Waals surface area contributed by atoms with Crippen LogP contribution in [0.2, 0.25) is 10.0 Å². The van der Waals surface area contributed by atoms with Crippen molar-refractivity contribution in [3.63, 3.8) is 0 Å². The zero-order valence-electron chi connectivity index (χ0n) is 11.8. The molecule has 1 amide bonds. The second-order valence-corrected chi connectivity index (χ2v) is 5.99. The molecule has 0 aliphatic heterocycles. The quantitative estimate of drug-likeness (QED) is 0.753. The first kappa shape index (κ1) is 16.9. The fourth-order valence-corrected chi connectivity index (χ4v) is 2.66. The Labute approximate surface area is 141 Å². The third-order valence-corrected chi connectivity index (χ3v) is 3.85. The third kappa shape index (κ3) is 4.53.